The SMILES string of the molecule is CC(C)c1ccc(P(C(C)(C)C)C(C)(C)C)cc1.[Pd]. The molecule has 0 aromatic heterocycles. The zero-order valence-electron chi connectivity index (χ0n) is 13.7. The Bertz CT molecular complexity index is 365. The fourth-order valence-corrected chi connectivity index (χ4v) is 6.80. The Morgan fingerprint density at radius 2 is 1.16 bits per heavy atom. The molecule has 0 saturated heterocycles. The van der Waals surface area contributed by atoms with Crippen LogP contribution in [0.1, 0.15) is 66.9 Å². The van der Waals surface area contributed by atoms with Crippen molar-refractivity contribution in [1.82, 2.24) is 0 Å². The molecular weight excluding hydrogens is 342 g/mol. The minimum Gasteiger partial charge on any atom is -0.0643 e. The van der Waals surface area contributed by atoms with Crippen molar-refractivity contribution >= 4 is 13.2 Å². The molecule has 1 rings (SSSR count). The van der Waals surface area contributed by atoms with Crippen molar-refractivity contribution in [3.63, 3.8) is 0 Å². The molecule has 0 radical (unpaired) electrons. The average molecular weight is 371 g/mol. The maximum absolute atomic E-state index is 2.38. The smallest absolute Gasteiger partial charge is 0 e. The summed E-state index contributed by atoms with van der Waals surface area (Å²) in [4.78, 5) is 0. The Labute approximate surface area is 135 Å². The molecular formula is C17H29PPd. The van der Waals surface area contributed by atoms with E-state index in [2.05, 4.69) is 79.7 Å². The third-order valence-electron chi connectivity index (χ3n) is 3.16. The van der Waals surface area contributed by atoms with Crippen molar-refractivity contribution in [3.05, 3.63) is 29.8 Å². The monoisotopic (exact) mass is 370 g/mol. The Morgan fingerprint density at radius 3 is 1.42 bits per heavy atom. The molecule has 0 aliphatic heterocycles. The second-order valence-corrected chi connectivity index (χ2v) is 11.3. The van der Waals surface area contributed by atoms with Gasteiger partial charge in [-0.25, -0.2) is 0 Å². The maximum atomic E-state index is 2.38. The Morgan fingerprint density at radius 1 is 0.789 bits per heavy atom. The van der Waals surface area contributed by atoms with E-state index in [-0.39, 0.29) is 28.3 Å². The van der Waals surface area contributed by atoms with Crippen LogP contribution in [0.4, 0.5) is 0 Å². The van der Waals surface area contributed by atoms with Crippen LogP contribution in [0.15, 0.2) is 24.3 Å². The molecule has 0 saturated carbocycles. The number of rotatable bonds is 2. The van der Waals surface area contributed by atoms with E-state index in [9.17, 15) is 0 Å². The molecule has 0 nitrogen and oxygen atoms in total. The van der Waals surface area contributed by atoms with Crippen LogP contribution < -0.4 is 5.30 Å². The second kappa shape index (κ2) is 6.85. The summed E-state index contributed by atoms with van der Waals surface area (Å²) < 4.78 is 0. The van der Waals surface area contributed by atoms with E-state index in [0.717, 1.165) is 0 Å². The van der Waals surface area contributed by atoms with Gasteiger partial charge in [0.25, 0.3) is 0 Å². The summed E-state index contributed by atoms with van der Waals surface area (Å²) in [5.74, 6) is 0.620. The molecule has 0 N–H and O–H groups in total. The molecule has 1 aromatic carbocycles. The Balaban J connectivity index is 0.00000324. The molecule has 0 unspecified atom stereocenters. The minimum absolute atomic E-state index is 0. The zero-order valence-corrected chi connectivity index (χ0v) is 16.1. The molecule has 0 fully saturated rings. The molecule has 112 valence electrons. The number of benzene rings is 1. The fourth-order valence-electron chi connectivity index (χ4n) is 2.79. The van der Waals surface area contributed by atoms with Crippen LogP contribution in [-0.4, -0.2) is 10.3 Å². The van der Waals surface area contributed by atoms with Crippen molar-refractivity contribution in [2.45, 2.75) is 71.6 Å². The van der Waals surface area contributed by atoms with Crippen LogP contribution >= 0.6 is 7.92 Å². The van der Waals surface area contributed by atoms with E-state index in [1.54, 1.807) is 0 Å². The summed E-state index contributed by atoms with van der Waals surface area (Å²) in [6.07, 6.45) is 0. The van der Waals surface area contributed by atoms with Gasteiger partial charge in [-0.05, 0) is 27.1 Å². The maximum Gasteiger partial charge on any atom is 0 e. The molecule has 0 amide bonds. The van der Waals surface area contributed by atoms with Crippen LogP contribution in [0.3, 0.4) is 0 Å². The second-order valence-electron chi connectivity index (χ2n) is 7.42. The molecule has 0 heterocycles. The van der Waals surface area contributed by atoms with Crippen molar-refractivity contribution in [2.24, 2.45) is 0 Å². The van der Waals surface area contributed by atoms with Gasteiger partial charge in [0.05, 0.1) is 0 Å². The van der Waals surface area contributed by atoms with Crippen LogP contribution in [0.5, 0.6) is 0 Å². The van der Waals surface area contributed by atoms with Crippen LogP contribution in [0.2, 0.25) is 0 Å². The predicted molar refractivity (Wildman–Crippen MR) is 86.6 cm³/mol. The van der Waals surface area contributed by atoms with E-state index in [4.69, 9.17) is 0 Å². The van der Waals surface area contributed by atoms with Crippen molar-refractivity contribution in [3.8, 4) is 0 Å². The first-order chi connectivity index (χ1) is 8.03. The van der Waals surface area contributed by atoms with E-state index < -0.39 is 0 Å². The molecule has 0 spiro atoms. The van der Waals surface area contributed by atoms with Gasteiger partial charge in [-0.3, -0.25) is 0 Å². The normalized spacial score (nSPS) is 12.7. The molecule has 1 aromatic rings. The van der Waals surface area contributed by atoms with Crippen molar-refractivity contribution in [2.75, 3.05) is 0 Å². The van der Waals surface area contributed by atoms with Gasteiger partial charge in [0.2, 0.25) is 0 Å². The van der Waals surface area contributed by atoms with Crippen LogP contribution in [0, 0.1) is 0 Å². The summed E-state index contributed by atoms with van der Waals surface area (Å²) in [6, 6.07) is 9.34. The van der Waals surface area contributed by atoms with Gasteiger partial charge >= 0.3 is 0 Å². The van der Waals surface area contributed by atoms with Gasteiger partial charge in [-0.2, -0.15) is 0 Å². The number of hydrogen-bond donors (Lipinski definition) is 0. The number of hydrogen-bond acceptors (Lipinski definition) is 0. The first kappa shape index (κ1) is 19.3. The first-order valence-corrected chi connectivity index (χ1v) is 8.28. The van der Waals surface area contributed by atoms with Gasteiger partial charge in [-0.15, -0.1) is 0 Å². The van der Waals surface area contributed by atoms with Crippen molar-refractivity contribution < 1.29 is 20.4 Å². The van der Waals surface area contributed by atoms with E-state index >= 15 is 0 Å². The zero-order chi connectivity index (χ0) is 14.1. The van der Waals surface area contributed by atoms with Crippen molar-refractivity contribution in [1.29, 1.82) is 0 Å². The Hall–Kier alpha value is 0.312. The van der Waals surface area contributed by atoms with Gasteiger partial charge in [0.1, 0.15) is 0 Å². The molecule has 0 atom stereocenters. The summed E-state index contributed by atoms with van der Waals surface area (Å²) in [6.45, 7) is 18.8. The molecule has 0 aliphatic rings. The van der Waals surface area contributed by atoms with Gasteiger partial charge < -0.3 is 0 Å². The minimum atomic E-state index is -0.170. The summed E-state index contributed by atoms with van der Waals surface area (Å²) >= 11 is 0. The average Bonchev–Trinajstić information content (AvgIpc) is 2.13. The standard InChI is InChI=1S/C17H29P.Pd/c1-13(2)14-9-11-15(12-10-14)18(16(3,4)5)17(6,7)8;/h9-13H,1-8H3;. The topological polar surface area (TPSA) is 0 Å². The summed E-state index contributed by atoms with van der Waals surface area (Å²) in [7, 11) is -0.170. The summed E-state index contributed by atoms with van der Waals surface area (Å²) in [5, 5.41) is 2.24. The van der Waals surface area contributed by atoms with E-state index in [1.807, 2.05) is 0 Å². The third-order valence-corrected chi connectivity index (χ3v) is 6.66. The Kier molecular flexibility index (Phi) is 6.96. The van der Waals surface area contributed by atoms with E-state index in [0.29, 0.717) is 16.2 Å². The van der Waals surface area contributed by atoms with Gasteiger partial charge in [0.15, 0.2) is 0 Å². The molecule has 2 heteroatoms. The van der Waals surface area contributed by atoms with Gasteiger partial charge in [0, 0.05) is 20.4 Å². The quantitative estimate of drug-likeness (QED) is 0.475. The largest absolute Gasteiger partial charge is 0.0643 e. The summed E-state index contributed by atoms with van der Waals surface area (Å²) in [5.41, 5.74) is 1.44. The molecule has 0 bridgehead atoms. The molecule has 0 aliphatic carbocycles. The van der Waals surface area contributed by atoms with Crippen LogP contribution in [-0.2, 0) is 20.4 Å². The van der Waals surface area contributed by atoms with E-state index in [1.165, 1.54) is 10.9 Å². The fraction of sp³-hybridized carbons (Fsp3) is 0.647. The molecule has 19 heavy (non-hydrogen) atoms. The first-order valence-electron chi connectivity index (χ1n) is 6.94. The van der Waals surface area contributed by atoms with Gasteiger partial charge in [-0.1, -0.05) is 87.6 Å². The van der Waals surface area contributed by atoms with Crippen LogP contribution in [0.25, 0.3) is 0 Å². The third kappa shape index (κ3) is 5.30. The predicted octanol–water partition coefficient (Wildman–Crippen LogP) is 5.51.